The zero-order valence-corrected chi connectivity index (χ0v) is 17.4. The molecule has 27 heavy (non-hydrogen) atoms. The van der Waals surface area contributed by atoms with Crippen molar-refractivity contribution in [1.29, 1.82) is 0 Å². The lowest BCUT2D eigenvalue weighted by molar-refractivity contribution is 0.288. The minimum Gasteiger partial charge on any atom is -0.486 e. The zero-order valence-electron chi connectivity index (χ0n) is 15.9. The molecule has 3 rings (SSSR count). The molecule has 0 saturated carbocycles. The highest BCUT2D eigenvalue weighted by Crippen LogP contribution is 2.24. The average molecular weight is 402 g/mol. The van der Waals surface area contributed by atoms with Crippen LogP contribution in [-0.4, -0.2) is 14.8 Å². The number of thioether (sulfide) groups is 1. The smallest absolute Gasteiger partial charge is 0.191 e. The monoisotopic (exact) mass is 401 g/mol. The second-order valence-electron chi connectivity index (χ2n) is 6.57. The Bertz CT molecular complexity index is 877. The summed E-state index contributed by atoms with van der Waals surface area (Å²) in [6.45, 7) is 7.66. The van der Waals surface area contributed by atoms with E-state index in [1.807, 2.05) is 30.3 Å². The number of nitrogens with zero attached hydrogens (tertiary/aromatic N) is 3. The number of aromatic nitrogens is 3. The Labute approximate surface area is 169 Å². The highest BCUT2D eigenvalue weighted by molar-refractivity contribution is 7.98. The van der Waals surface area contributed by atoms with Crippen LogP contribution in [-0.2, 0) is 18.9 Å². The van der Waals surface area contributed by atoms with Crippen molar-refractivity contribution in [1.82, 2.24) is 14.8 Å². The molecule has 0 saturated heterocycles. The van der Waals surface area contributed by atoms with Crippen molar-refractivity contribution >= 4 is 23.4 Å². The van der Waals surface area contributed by atoms with Crippen LogP contribution in [0, 0.1) is 0 Å². The van der Waals surface area contributed by atoms with Crippen LogP contribution in [0.25, 0.3) is 0 Å². The normalized spacial score (nSPS) is 11.1. The predicted octanol–water partition coefficient (Wildman–Crippen LogP) is 5.95. The highest BCUT2D eigenvalue weighted by atomic mass is 35.5. The van der Waals surface area contributed by atoms with Crippen molar-refractivity contribution in [3.63, 3.8) is 0 Å². The van der Waals surface area contributed by atoms with Gasteiger partial charge in [-0.15, -0.1) is 10.2 Å². The molecule has 2 aromatic carbocycles. The first kappa shape index (κ1) is 19.8. The molecule has 0 bridgehead atoms. The Kier molecular flexibility index (Phi) is 6.80. The molecule has 6 heteroatoms. The van der Waals surface area contributed by atoms with E-state index in [4.69, 9.17) is 16.3 Å². The Morgan fingerprint density at radius 2 is 1.89 bits per heavy atom. The molecule has 0 spiro atoms. The van der Waals surface area contributed by atoms with E-state index >= 15 is 0 Å². The van der Waals surface area contributed by atoms with Crippen LogP contribution in [0.2, 0.25) is 5.02 Å². The minimum absolute atomic E-state index is 0.402. The summed E-state index contributed by atoms with van der Waals surface area (Å²) in [5.41, 5.74) is 2.47. The molecule has 0 unspecified atom stereocenters. The third kappa shape index (κ3) is 5.27. The largest absolute Gasteiger partial charge is 0.486 e. The maximum Gasteiger partial charge on any atom is 0.191 e. The van der Waals surface area contributed by atoms with Gasteiger partial charge < -0.3 is 9.30 Å². The van der Waals surface area contributed by atoms with Crippen LogP contribution in [0.1, 0.15) is 43.6 Å². The standard InChI is InChI=1S/C21H24ClN3OS/c1-4-25-20(13-26-19-10-8-17(9-11-19)15(2)3)23-24-21(25)27-14-16-6-5-7-18(22)12-16/h5-12,15H,4,13-14H2,1-3H3. The second kappa shape index (κ2) is 9.29. The predicted molar refractivity (Wildman–Crippen MR) is 112 cm³/mol. The summed E-state index contributed by atoms with van der Waals surface area (Å²) in [4.78, 5) is 0. The van der Waals surface area contributed by atoms with E-state index in [1.165, 1.54) is 11.1 Å². The van der Waals surface area contributed by atoms with Crippen LogP contribution >= 0.6 is 23.4 Å². The zero-order chi connectivity index (χ0) is 19.2. The van der Waals surface area contributed by atoms with Gasteiger partial charge in [0.25, 0.3) is 0 Å². The van der Waals surface area contributed by atoms with Crippen LogP contribution in [0.15, 0.2) is 53.7 Å². The lowest BCUT2D eigenvalue weighted by Gasteiger charge is -2.10. The van der Waals surface area contributed by atoms with Crippen LogP contribution in [0.5, 0.6) is 5.75 Å². The Morgan fingerprint density at radius 3 is 2.56 bits per heavy atom. The third-order valence-electron chi connectivity index (χ3n) is 4.28. The number of rotatable bonds is 8. The summed E-state index contributed by atoms with van der Waals surface area (Å²) in [6.07, 6.45) is 0. The van der Waals surface area contributed by atoms with Gasteiger partial charge in [0, 0.05) is 17.3 Å². The summed E-state index contributed by atoms with van der Waals surface area (Å²) in [6, 6.07) is 16.1. The number of hydrogen-bond donors (Lipinski definition) is 0. The molecule has 0 aliphatic heterocycles. The maximum atomic E-state index is 6.06. The van der Waals surface area contributed by atoms with Gasteiger partial charge in [-0.05, 0) is 48.2 Å². The molecule has 3 aromatic rings. The van der Waals surface area contributed by atoms with E-state index in [0.717, 1.165) is 34.1 Å². The lowest BCUT2D eigenvalue weighted by Crippen LogP contribution is -2.07. The molecule has 0 aliphatic carbocycles. The summed E-state index contributed by atoms with van der Waals surface area (Å²) < 4.78 is 8.01. The third-order valence-corrected chi connectivity index (χ3v) is 5.55. The van der Waals surface area contributed by atoms with Crippen molar-refractivity contribution in [3.05, 3.63) is 70.5 Å². The molecule has 0 amide bonds. The van der Waals surface area contributed by atoms with Crippen LogP contribution < -0.4 is 4.74 Å². The fourth-order valence-electron chi connectivity index (χ4n) is 2.72. The number of benzene rings is 2. The fourth-order valence-corrected chi connectivity index (χ4v) is 3.90. The van der Waals surface area contributed by atoms with Gasteiger partial charge in [0.05, 0.1) is 0 Å². The van der Waals surface area contributed by atoms with Crippen molar-refractivity contribution in [3.8, 4) is 5.75 Å². The van der Waals surface area contributed by atoms with Gasteiger partial charge in [-0.1, -0.05) is 61.5 Å². The van der Waals surface area contributed by atoms with Crippen molar-refractivity contribution < 1.29 is 4.74 Å². The summed E-state index contributed by atoms with van der Waals surface area (Å²) in [7, 11) is 0. The number of hydrogen-bond acceptors (Lipinski definition) is 4. The lowest BCUT2D eigenvalue weighted by atomic mass is 10.0. The summed E-state index contributed by atoms with van der Waals surface area (Å²) in [5.74, 6) is 2.99. The Balaban J connectivity index is 1.63. The Hall–Kier alpha value is -1.98. The second-order valence-corrected chi connectivity index (χ2v) is 7.95. The minimum atomic E-state index is 0.402. The number of halogens is 1. The molecule has 1 aromatic heterocycles. The fraction of sp³-hybridized carbons (Fsp3) is 0.333. The van der Waals surface area contributed by atoms with Gasteiger partial charge in [-0.3, -0.25) is 0 Å². The van der Waals surface area contributed by atoms with E-state index in [0.29, 0.717) is 12.5 Å². The number of ether oxygens (including phenoxy) is 1. The highest BCUT2D eigenvalue weighted by Gasteiger charge is 2.12. The SMILES string of the molecule is CCn1c(COc2ccc(C(C)C)cc2)nnc1SCc1cccc(Cl)c1. The van der Waals surface area contributed by atoms with Gasteiger partial charge in [0.15, 0.2) is 11.0 Å². The Morgan fingerprint density at radius 1 is 1.11 bits per heavy atom. The molecule has 0 N–H and O–H groups in total. The van der Waals surface area contributed by atoms with Gasteiger partial charge in [-0.25, -0.2) is 0 Å². The van der Waals surface area contributed by atoms with Gasteiger partial charge in [-0.2, -0.15) is 0 Å². The molecule has 4 nitrogen and oxygen atoms in total. The van der Waals surface area contributed by atoms with Gasteiger partial charge in [0.2, 0.25) is 0 Å². The first-order valence-electron chi connectivity index (χ1n) is 9.09. The molecular formula is C21H24ClN3OS. The topological polar surface area (TPSA) is 39.9 Å². The molecule has 0 radical (unpaired) electrons. The van der Waals surface area contributed by atoms with E-state index in [2.05, 4.69) is 53.7 Å². The van der Waals surface area contributed by atoms with E-state index < -0.39 is 0 Å². The molecule has 142 valence electrons. The van der Waals surface area contributed by atoms with Crippen LogP contribution in [0.3, 0.4) is 0 Å². The maximum absolute atomic E-state index is 6.06. The van der Waals surface area contributed by atoms with E-state index in [-0.39, 0.29) is 0 Å². The summed E-state index contributed by atoms with van der Waals surface area (Å²) >= 11 is 7.71. The van der Waals surface area contributed by atoms with Crippen LogP contribution in [0.4, 0.5) is 0 Å². The molecule has 0 fully saturated rings. The van der Waals surface area contributed by atoms with Crippen molar-refractivity contribution in [2.75, 3.05) is 0 Å². The molecular weight excluding hydrogens is 378 g/mol. The van der Waals surface area contributed by atoms with Crippen molar-refractivity contribution in [2.24, 2.45) is 0 Å². The van der Waals surface area contributed by atoms with E-state index in [9.17, 15) is 0 Å². The first-order valence-corrected chi connectivity index (χ1v) is 10.4. The van der Waals surface area contributed by atoms with Crippen molar-refractivity contribution in [2.45, 2.75) is 50.8 Å². The molecule has 0 aliphatic rings. The average Bonchev–Trinajstić information content (AvgIpc) is 3.07. The summed E-state index contributed by atoms with van der Waals surface area (Å²) in [5, 5.41) is 10.3. The first-order chi connectivity index (χ1) is 13.1. The quantitative estimate of drug-likeness (QED) is 0.437. The van der Waals surface area contributed by atoms with Gasteiger partial charge >= 0.3 is 0 Å². The van der Waals surface area contributed by atoms with E-state index in [1.54, 1.807) is 11.8 Å². The molecule has 1 heterocycles. The molecule has 0 atom stereocenters. The van der Waals surface area contributed by atoms with Gasteiger partial charge in [0.1, 0.15) is 12.4 Å².